The fourth-order valence-corrected chi connectivity index (χ4v) is 5.82. The van der Waals surface area contributed by atoms with Crippen molar-refractivity contribution in [3.63, 3.8) is 0 Å². The summed E-state index contributed by atoms with van der Waals surface area (Å²) in [5.41, 5.74) is 0.866. The van der Waals surface area contributed by atoms with Gasteiger partial charge in [-0.15, -0.1) is 11.3 Å². The van der Waals surface area contributed by atoms with Gasteiger partial charge in [0.15, 0.2) is 9.84 Å². The second-order valence-corrected chi connectivity index (χ2v) is 9.79. The molecule has 1 N–H and O–H groups in total. The summed E-state index contributed by atoms with van der Waals surface area (Å²) in [7, 11) is -3.54. The number of benzene rings is 1. The molecule has 0 unspecified atom stereocenters. The van der Waals surface area contributed by atoms with Crippen LogP contribution >= 0.6 is 11.3 Å². The molecule has 9 heteroatoms. The monoisotopic (exact) mass is 418 g/mol. The van der Waals surface area contributed by atoms with Crippen molar-refractivity contribution in [2.45, 2.75) is 37.2 Å². The van der Waals surface area contributed by atoms with Crippen LogP contribution in [-0.2, 0) is 38.8 Å². The van der Waals surface area contributed by atoms with Crippen molar-refractivity contribution >= 4 is 37.4 Å². The zero-order valence-corrected chi connectivity index (χ0v) is 16.6. The number of hydrogen-bond acceptors (Lipinski definition) is 7. The van der Waals surface area contributed by atoms with E-state index in [-0.39, 0.29) is 35.1 Å². The smallest absolute Gasteiger partial charge is 0.307 e. The minimum absolute atomic E-state index is 0.171. The average Bonchev–Trinajstić information content (AvgIpc) is 3.26. The average molecular weight is 418 g/mol. The summed E-state index contributed by atoms with van der Waals surface area (Å²) >= 11 is 1.51. The molecule has 1 aliphatic carbocycles. The third-order valence-electron chi connectivity index (χ3n) is 4.67. The van der Waals surface area contributed by atoms with Crippen molar-refractivity contribution in [2.75, 3.05) is 5.75 Å². The maximum absolute atomic E-state index is 12.4. The van der Waals surface area contributed by atoms with Crippen LogP contribution in [-0.4, -0.2) is 30.1 Å². The lowest BCUT2D eigenvalue weighted by Gasteiger charge is -2.06. The summed E-state index contributed by atoms with van der Waals surface area (Å²) in [6, 6.07) is 7.96. The van der Waals surface area contributed by atoms with Crippen LogP contribution in [0.4, 0.5) is 0 Å². The number of H-pyrrole nitrogens is 1. The number of esters is 1. The maximum Gasteiger partial charge on any atom is 0.307 e. The van der Waals surface area contributed by atoms with E-state index in [2.05, 4.69) is 9.97 Å². The Morgan fingerprint density at radius 2 is 2.00 bits per heavy atom. The van der Waals surface area contributed by atoms with Crippen LogP contribution in [0, 0.1) is 0 Å². The molecule has 0 fully saturated rings. The zero-order valence-electron chi connectivity index (χ0n) is 14.9. The van der Waals surface area contributed by atoms with Crippen molar-refractivity contribution in [3.05, 3.63) is 57.0 Å². The number of carbonyl (C=O) groups is 1. The third-order valence-corrected chi connectivity index (χ3v) is 7.59. The van der Waals surface area contributed by atoms with E-state index < -0.39 is 15.8 Å². The van der Waals surface area contributed by atoms with Crippen LogP contribution < -0.4 is 5.56 Å². The topological polar surface area (TPSA) is 106 Å². The predicted octanol–water partition coefficient (Wildman–Crippen LogP) is 2.38. The highest BCUT2D eigenvalue weighted by molar-refractivity contribution is 7.91. The summed E-state index contributed by atoms with van der Waals surface area (Å²) in [5.74, 6) is -0.733. The van der Waals surface area contributed by atoms with Gasteiger partial charge in [-0.05, 0) is 37.0 Å². The lowest BCUT2D eigenvalue weighted by Crippen LogP contribution is -2.16. The van der Waals surface area contributed by atoms with Gasteiger partial charge in [-0.3, -0.25) is 9.59 Å². The zero-order chi connectivity index (χ0) is 19.7. The van der Waals surface area contributed by atoms with Gasteiger partial charge in [0.05, 0.1) is 22.5 Å². The summed E-state index contributed by atoms with van der Waals surface area (Å²) in [6.45, 7) is -0.196. The van der Waals surface area contributed by atoms with Crippen molar-refractivity contribution in [3.8, 4) is 0 Å². The molecule has 3 aromatic rings. The number of nitrogens with one attached hydrogen (secondary N) is 1. The molecule has 1 aromatic carbocycles. The summed E-state index contributed by atoms with van der Waals surface area (Å²) in [6.07, 6.45) is 2.65. The van der Waals surface area contributed by atoms with E-state index in [1.54, 1.807) is 18.2 Å². The van der Waals surface area contributed by atoms with Crippen molar-refractivity contribution in [1.29, 1.82) is 0 Å². The molecular formula is C19H18N2O5S2. The molecule has 0 atom stereocenters. The van der Waals surface area contributed by atoms with E-state index in [9.17, 15) is 18.0 Å². The van der Waals surface area contributed by atoms with E-state index >= 15 is 0 Å². The molecule has 0 aliphatic heterocycles. The quantitative estimate of drug-likeness (QED) is 0.616. The van der Waals surface area contributed by atoms with Crippen LogP contribution in [0.25, 0.3) is 10.2 Å². The number of thiophene rings is 1. The molecule has 0 amide bonds. The Kier molecular flexibility index (Phi) is 5.03. The Balaban J connectivity index is 1.39. The van der Waals surface area contributed by atoms with Gasteiger partial charge >= 0.3 is 5.97 Å². The highest BCUT2D eigenvalue weighted by Crippen LogP contribution is 2.34. The number of aromatic nitrogens is 2. The standard InChI is InChI=1S/C19H18N2O5S2/c22-16(9-10-28(24,25)12-5-2-1-3-6-12)26-11-15-20-18(23)17-13-7-4-8-14(13)27-19(17)21-15/h1-3,5-6H,4,7-11H2,(H,20,21,23). The maximum atomic E-state index is 12.4. The van der Waals surface area contributed by atoms with Crippen LogP contribution in [0.1, 0.15) is 29.1 Å². The first-order valence-corrected chi connectivity index (χ1v) is 11.4. The molecule has 0 radical (unpaired) electrons. The minimum Gasteiger partial charge on any atom is -0.457 e. The van der Waals surface area contributed by atoms with E-state index in [4.69, 9.17) is 4.74 Å². The molecule has 0 bridgehead atoms. The van der Waals surface area contributed by atoms with Crippen molar-refractivity contribution in [2.24, 2.45) is 0 Å². The molecule has 1 aliphatic rings. The normalized spacial score (nSPS) is 13.6. The number of ether oxygens (including phenoxy) is 1. The second kappa shape index (κ2) is 7.48. The molecule has 0 saturated heterocycles. The van der Waals surface area contributed by atoms with E-state index in [0.29, 0.717) is 10.2 Å². The van der Waals surface area contributed by atoms with Gasteiger partial charge in [0.2, 0.25) is 0 Å². The van der Waals surface area contributed by atoms with Crippen molar-refractivity contribution in [1.82, 2.24) is 9.97 Å². The van der Waals surface area contributed by atoms with Gasteiger partial charge in [-0.2, -0.15) is 0 Å². The van der Waals surface area contributed by atoms with Crippen molar-refractivity contribution < 1.29 is 17.9 Å². The number of carbonyl (C=O) groups excluding carboxylic acids is 1. The number of hydrogen-bond donors (Lipinski definition) is 1. The van der Waals surface area contributed by atoms with Gasteiger partial charge in [-0.1, -0.05) is 18.2 Å². The first kappa shape index (κ1) is 18.8. The Labute approximate surface area is 165 Å². The second-order valence-electron chi connectivity index (χ2n) is 6.59. The Morgan fingerprint density at radius 3 is 2.79 bits per heavy atom. The minimum atomic E-state index is -3.54. The van der Waals surface area contributed by atoms with Crippen LogP contribution in [0.5, 0.6) is 0 Å². The molecular weight excluding hydrogens is 400 g/mol. The van der Waals surface area contributed by atoms with Gasteiger partial charge in [0, 0.05) is 4.88 Å². The summed E-state index contributed by atoms with van der Waals surface area (Å²) < 4.78 is 29.5. The Bertz CT molecular complexity index is 1200. The molecule has 2 aromatic heterocycles. The number of aromatic amines is 1. The lowest BCUT2D eigenvalue weighted by atomic mass is 10.2. The molecule has 146 valence electrons. The third kappa shape index (κ3) is 3.72. The molecule has 0 spiro atoms. The highest BCUT2D eigenvalue weighted by atomic mass is 32.2. The molecule has 0 saturated carbocycles. The molecule has 2 heterocycles. The fourth-order valence-electron chi connectivity index (χ4n) is 3.30. The number of aryl methyl sites for hydroxylation is 2. The predicted molar refractivity (Wildman–Crippen MR) is 105 cm³/mol. The summed E-state index contributed by atoms with van der Waals surface area (Å²) in [5, 5.41) is 0.640. The molecule has 28 heavy (non-hydrogen) atoms. The molecule has 4 rings (SSSR count). The van der Waals surface area contributed by atoms with Gasteiger partial charge in [0.25, 0.3) is 5.56 Å². The Hall–Kier alpha value is -2.52. The first-order chi connectivity index (χ1) is 13.4. The van der Waals surface area contributed by atoms with E-state index in [0.717, 1.165) is 24.8 Å². The Morgan fingerprint density at radius 1 is 1.21 bits per heavy atom. The number of fused-ring (bicyclic) bond motifs is 3. The lowest BCUT2D eigenvalue weighted by molar-refractivity contribution is -0.144. The SMILES string of the molecule is O=C(CCS(=O)(=O)c1ccccc1)OCc1nc2sc3c(c2c(=O)[nH]1)CCC3. The first-order valence-electron chi connectivity index (χ1n) is 8.91. The summed E-state index contributed by atoms with van der Waals surface area (Å²) in [4.78, 5) is 33.4. The molecule has 7 nitrogen and oxygen atoms in total. The largest absolute Gasteiger partial charge is 0.457 e. The van der Waals surface area contributed by atoms with Gasteiger partial charge < -0.3 is 9.72 Å². The van der Waals surface area contributed by atoms with Crippen LogP contribution in [0.3, 0.4) is 0 Å². The van der Waals surface area contributed by atoms with Gasteiger partial charge in [-0.25, -0.2) is 13.4 Å². The number of sulfone groups is 1. The number of rotatable bonds is 6. The van der Waals surface area contributed by atoms with E-state index in [1.165, 1.54) is 28.3 Å². The fraction of sp³-hybridized carbons (Fsp3) is 0.316. The van der Waals surface area contributed by atoms with Crippen LogP contribution in [0.2, 0.25) is 0 Å². The van der Waals surface area contributed by atoms with Crippen LogP contribution in [0.15, 0.2) is 40.0 Å². The number of nitrogens with zero attached hydrogens (tertiary/aromatic N) is 1. The highest BCUT2D eigenvalue weighted by Gasteiger charge is 2.21. The van der Waals surface area contributed by atoms with E-state index in [1.807, 2.05) is 0 Å². The van der Waals surface area contributed by atoms with Gasteiger partial charge in [0.1, 0.15) is 17.3 Å².